The molecule has 0 aliphatic carbocycles. The van der Waals surface area contributed by atoms with E-state index in [1.165, 1.54) is 0 Å². The van der Waals surface area contributed by atoms with Crippen LogP contribution >= 0.6 is 15.9 Å². The number of rotatable bonds is 7. The normalized spacial score (nSPS) is 11.2. The van der Waals surface area contributed by atoms with Gasteiger partial charge in [-0.3, -0.25) is 9.10 Å². The van der Waals surface area contributed by atoms with Crippen molar-refractivity contribution in [2.45, 2.75) is 19.8 Å². The number of likely N-dealkylation sites (N-methyl/N-ethyl adjacent to an activating group) is 1. The molecule has 0 unspecified atom stereocenters. The Labute approximate surface area is 135 Å². The summed E-state index contributed by atoms with van der Waals surface area (Å²) in [6.07, 6.45) is 2.99. The van der Waals surface area contributed by atoms with Gasteiger partial charge in [0, 0.05) is 18.1 Å². The van der Waals surface area contributed by atoms with E-state index in [-0.39, 0.29) is 12.5 Å². The average Bonchev–Trinajstić information content (AvgIpc) is 2.40. The number of hydrogen-bond acceptors (Lipinski definition) is 3. The van der Waals surface area contributed by atoms with Crippen molar-refractivity contribution in [3.8, 4) is 0 Å². The summed E-state index contributed by atoms with van der Waals surface area (Å²) in [4.78, 5) is 13.7. The topological polar surface area (TPSA) is 57.7 Å². The predicted molar refractivity (Wildman–Crippen MR) is 88.9 cm³/mol. The SMILES string of the molecule is CCCCN(C)C(=O)CN(c1cccc(Br)c1)S(C)(=O)=O. The molecule has 0 N–H and O–H groups in total. The van der Waals surface area contributed by atoms with E-state index in [0.717, 1.165) is 27.9 Å². The van der Waals surface area contributed by atoms with Crippen LogP contribution in [0.15, 0.2) is 28.7 Å². The first-order chi connectivity index (χ1) is 9.75. The lowest BCUT2D eigenvalue weighted by atomic mass is 10.3. The van der Waals surface area contributed by atoms with Crippen molar-refractivity contribution >= 4 is 37.5 Å². The molecule has 0 saturated heterocycles. The highest BCUT2D eigenvalue weighted by Crippen LogP contribution is 2.22. The monoisotopic (exact) mass is 376 g/mol. The summed E-state index contributed by atoms with van der Waals surface area (Å²) in [5, 5.41) is 0. The molecule has 0 aliphatic rings. The molecule has 0 saturated carbocycles. The molecule has 0 atom stereocenters. The lowest BCUT2D eigenvalue weighted by Crippen LogP contribution is -2.41. The zero-order valence-electron chi connectivity index (χ0n) is 12.5. The third kappa shape index (κ3) is 5.67. The van der Waals surface area contributed by atoms with Gasteiger partial charge in [0.1, 0.15) is 6.54 Å². The van der Waals surface area contributed by atoms with E-state index in [4.69, 9.17) is 0 Å². The number of unbranched alkanes of at least 4 members (excludes halogenated alkanes) is 1. The van der Waals surface area contributed by atoms with E-state index in [1.807, 2.05) is 6.92 Å². The maximum absolute atomic E-state index is 12.2. The van der Waals surface area contributed by atoms with Gasteiger partial charge >= 0.3 is 0 Å². The molecule has 21 heavy (non-hydrogen) atoms. The molecule has 1 amide bonds. The molecule has 0 aromatic heterocycles. The number of halogens is 1. The zero-order valence-corrected chi connectivity index (χ0v) is 14.9. The Morgan fingerprint density at radius 2 is 2.00 bits per heavy atom. The number of amides is 1. The second kappa shape index (κ2) is 7.79. The lowest BCUT2D eigenvalue weighted by molar-refractivity contribution is -0.128. The Balaban J connectivity index is 2.93. The van der Waals surface area contributed by atoms with E-state index in [1.54, 1.807) is 36.2 Å². The largest absolute Gasteiger partial charge is 0.344 e. The average molecular weight is 377 g/mol. The highest BCUT2D eigenvalue weighted by Gasteiger charge is 2.22. The van der Waals surface area contributed by atoms with Crippen molar-refractivity contribution in [2.75, 3.05) is 30.7 Å². The summed E-state index contributed by atoms with van der Waals surface area (Å²) in [6.45, 7) is 2.49. The number of benzene rings is 1. The number of anilines is 1. The Kier molecular flexibility index (Phi) is 6.67. The third-order valence-electron chi connectivity index (χ3n) is 3.05. The van der Waals surface area contributed by atoms with Gasteiger partial charge in [0.2, 0.25) is 15.9 Å². The van der Waals surface area contributed by atoms with Crippen LogP contribution in [0.25, 0.3) is 0 Å². The van der Waals surface area contributed by atoms with Crippen LogP contribution in [0.4, 0.5) is 5.69 Å². The van der Waals surface area contributed by atoms with E-state index < -0.39 is 10.0 Å². The number of carbonyl (C=O) groups is 1. The summed E-state index contributed by atoms with van der Waals surface area (Å²) in [5.41, 5.74) is 0.476. The Bertz CT molecular complexity index is 590. The van der Waals surface area contributed by atoms with Crippen LogP contribution in [0.2, 0.25) is 0 Å². The van der Waals surface area contributed by atoms with Crippen molar-refractivity contribution in [1.82, 2.24) is 4.90 Å². The molecule has 1 rings (SSSR count). The summed E-state index contributed by atoms with van der Waals surface area (Å²) in [5.74, 6) is -0.214. The van der Waals surface area contributed by atoms with Gasteiger partial charge in [-0.2, -0.15) is 0 Å². The minimum atomic E-state index is -3.52. The first-order valence-corrected chi connectivity index (χ1v) is 9.37. The van der Waals surface area contributed by atoms with Crippen LogP contribution in [0, 0.1) is 0 Å². The van der Waals surface area contributed by atoms with Crippen LogP contribution in [0.3, 0.4) is 0 Å². The highest BCUT2D eigenvalue weighted by molar-refractivity contribution is 9.10. The molecule has 0 fully saturated rings. The molecule has 0 heterocycles. The van der Waals surface area contributed by atoms with Crippen molar-refractivity contribution in [1.29, 1.82) is 0 Å². The number of carbonyl (C=O) groups excluding carboxylic acids is 1. The van der Waals surface area contributed by atoms with Gasteiger partial charge in [-0.05, 0) is 24.6 Å². The van der Waals surface area contributed by atoms with Gasteiger partial charge in [-0.15, -0.1) is 0 Å². The maximum Gasteiger partial charge on any atom is 0.243 e. The number of nitrogens with zero attached hydrogens (tertiary/aromatic N) is 2. The second-order valence-electron chi connectivity index (χ2n) is 4.92. The molecule has 118 valence electrons. The third-order valence-corrected chi connectivity index (χ3v) is 4.68. The molecule has 0 aliphatic heterocycles. The summed E-state index contributed by atoms with van der Waals surface area (Å²) in [6, 6.07) is 6.90. The molecule has 0 bridgehead atoms. The molecule has 5 nitrogen and oxygen atoms in total. The number of sulfonamides is 1. The van der Waals surface area contributed by atoms with Crippen molar-refractivity contribution in [3.05, 3.63) is 28.7 Å². The van der Waals surface area contributed by atoms with Crippen LogP contribution in [-0.2, 0) is 14.8 Å². The van der Waals surface area contributed by atoms with E-state index >= 15 is 0 Å². The molecule has 0 radical (unpaired) electrons. The molecular formula is C14H21BrN2O3S. The lowest BCUT2D eigenvalue weighted by Gasteiger charge is -2.25. The van der Waals surface area contributed by atoms with E-state index in [9.17, 15) is 13.2 Å². The minimum Gasteiger partial charge on any atom is -0.344 e. The van der Waals surface area contributed by atoms with Gasteiger partial charge in [0.05, 0.1) is 11.9 Å². The number of hydrogen-bond donors (Lipinski definition) is 0. The highest BCUT2D eigenvalue weighted by atomic mass is 79.9. The summed E-state index contributed by atoms with van der Waals surface area (Å²) >= 11 is 3.31. The smallest absolute Gasteiger partial charge is 0.243 e. The van der Waals surface area contributed by atoms with Gasteiger partial charge in [0.25, 0.3) is 0 Å². The molecular weight excluding hydrogens is 356 g/mol. The summed E-state index contributed by atoms with van der Waals surface area (Å²) in [7, 11) is -1.83. The van der Waals surface area contributed by atoms with E-state index in [2.05, 4.69) is 15.9 Å². The quantitative estimate of drug-likeness (QED) is 0.734. The van der Waals surface area contributed by atoms with Crippen LogP contribution in [0.1, 0.15) is 19.8 Å². The van der Waals surface area contributed by atoms with Crippen LogP contribution in [0.5, 0.6) is 0 Å². The Morgan fingerprint density at radius 3 is 2.52 bits per heavy atom. The molecule has 1 aromatic rings. The fourth-order valence-corrected chi connectivity index (χ4v) is 3.02. The van der Waals surface area contributed by atoms with Gasteiger partial charge < -0.3 is 4.90 Å². The fourth-order valence-electron chi connectivity index (χ4n) is 1.79. The fraction of sp³-hybridized carbons (Fsp3) is 0.500. The Morgan fingerprint density at radius 1 is 1.33 bits per heavy atom. The first-order valence-electron chi connectivity index (χ1n) is 6.73. The van der Waals surface area contributed by atoms with Crippen molar-refractivity contribution in [2.24, 2.45) is 0 Å². The minimum absolute atomic E-state index is 0.185. The standard InChI is InChI=1S/C14H21BrN2O3S/c1-4-5-9-16(2)14(18)11-17(21(3,19)20)13-8-6-7-12(15)10-13/h6-8,10H,4-5,9,11H2,1-3H3. The molecule has 0 spiro atoms. The van der Waals surface area contributed by atoms with Gasteiger partial charge in [-0.25, -0.2) is 8.42 Å². The van der Waals surface area contributed by atoms with Crippen LogP contribution < -0.4 is 4.31 Å². The van der Waals surface area contributed by atoms with Gasteiger partial charge in [-0.1, -0.05) is 35.3 Å². The molecule has 7 heteroatoms. The van der Waals surface area contributed by atoms with Gasteiger partial charge in [0.15, 0.2) is 0 Å². The van der Waals surface area contributed by atoms with Crippen LogP contribution in [-0.4, -0.2) is 45.6 Å². The Hall–Kier alpha value is -1.08. The maximum atomic E-state index is 12.2. The van der Waals surface area contributed by atoms with Crippen molar-refractivity contribution in [3.63, 3.8) is 0 Å². The first kappa shape index (κ1) is 18.0. The summed E-state index contributed by atoms with van der Waals surface area (Å²) < 4.78 is 25.8. The predicted octanol–water partition coefficient (Wildman–Crippen LogP) is 2.47. The zero-order chi connectivity index (χ0) is 16.0. The second-order valence-corrected chi connectivity index (χ2v) is 7.74. The van der Waals surface area contributed by atoms with Crippen molar-refractivity contribution < 1.29 is 13.2 Å². The van der Waals surface area contributed by atoms with E-state index in [0.29, 0.717) is 12.2 Å². The molecule has 1 aromatic carbocycles.